The van der Waals surface area contributed by atoms with Gasteiger partial charge in [-0.15, -0.1) is 0 Å². The summed E-state index contributed by atoms with van der Waals surface area (Å²) in [6.45, 7) is 4.90. The Morgan fingerprint density at radius 1 is 1.19 bits per heavy atom. The molecule has 0 saturated carbocycles. The van der Waals surface area contributed by atoms with Gasteiger partial charge >= 0.3 is 5.69 Å². The molecule has 148 valence electrons. The molecular weight excluding hydrogens is 336 g/mol. The number of nitrogens with zero attached hydrogens (tertiary/aromatic N) is 4. The lowest BCUT2D eigenvalue weighted by Crippen LogP contribution is -2.39. The second kappa shape index (κ2) is 11.7. The molecule has 2 heterocycles. The van der Waals surface area contributed by atoms with Crippen molar-refractivity contribution in [2.24, 2.45) is 4.99 Å². The first-order valence-electron chi connectivity index (χ1n) is 9.44. The Balaban J connectivity index is 1.59. The molecule has 9 heteroatoms. The van der Waals surface area contributed by atoms with E-state index in [9.17, 15) is 4.79 Å². The SMILES string of the molecule is CN=C(NCCCOCCOC)NCCCn1nc2n(c1=O)CCCC2. The molecule has 0 aliphatic carbocycles. The van der Waals surface area contributed by atoms with E-state index < -0.39 is 0 Å². The van der Waals surface area contributed by atoms with Gasteiger partial charge in [-0.2, -0.15) is 5.10 Å². The zero-order valence-corrected chi connectivity index (χ0v) is 16.0. The second-order valence-electron chi connectivity index (χ2n) is 6.27. The standard InChI is InChI=1S/C17H32N6O3/c1-18-16(20-9-6-12-26-14-13-25-2)19-8-5-11-23-17(24)22-10-4-3-7-15(22)21-23/h3-14H2,1-2H3,(H2,18,19,20). The number of methoxy groups -OCH3 is 1. The minimum absolute atomic E-state index is 0.0238. The molecule has 0 saturated heterocycles. The minimum atomic E-state index is 0.0238. The van der Waals surface area contributed by atoms with Crippen molar-refractivity contribution in [2.45, 2.75) is 45.2 Å². The lowest BCUT2D eigenvalue weighted by molar-refractivity contribution is 0.0698. The highest BCUT2D eigenvalue weighted by atomic mass is 16.5. The van der Waals surface area contributed by atoms with Gasteiger partial charge in [0.1, 0.15) is 5.82 Å². The third kappa shape index (κ3) is 6.45. The van der Waals surface area contributed by atoms with Crippen LogP contribution in [-0.4, -0.2) is 67.4 Å². The summed E-state index contributed by atoms with van der Waals surface area (Å²) in [6, 6.07) is 0. The molecule has 0 amide bonds. The Morgan fingerprint density at radius 2 is 2.00 bits per heavy atom. The van der Waals surface area contributed by atoms with Crippen molar-refractivity contribution in [3.8, 4) is 0 Å². The summed E-state index contributed by atoms with van der Waals surface area (Å²) >= 11 is 0. The fourth-order valence-electron chi connectivity index (χ4n) is 2.88. The Labute approximate surface area is 154 Å². The highest BCUT2D eigenvalue weighted by Gasteiger charge is 2.16. The Morgan fingerprint density at radius 3 is 2.73 bits per heavy atom. The van der Waals surface area contributed by atoms with Gasteiger partial charge in [0.2, 0.25) is 0 Å². The predicted molar refractivity (Wildman–Crippen MR) is 101 cm³/mol. The zero-order chi connectivity index (χ0) is 18.6. The van der Waals surface area contributed by atoms with E-state index >= 15 is 0 Å². The van der Waals surface area contributed by atoms with Gasteiger partial charge in [-0.25, -0.2) is 9.48 Å². The molecule has 0 atom stereocenters. The number of aryl methyl sites for hydroxylation is 2. The van der Waals surface area contributed by atoms with Gasteiger partial charge in [0.05, 0.1) is 13.2 Å². The van der Waals surface area contributed by atoms with E-state index in [1.165, 1.54) is 0 Å². The average Bonchev–Trinajstić information content (AvgIpc) is 2.99. The summed E-state index contributed by atoms with van der Waals surface area (Å²) in [5.41, 5.74) is 0.0238. The molecule has 0 unspecified atom stereocenters. The number of ether oxygens (including phenoxy) is 2. The summed E-state index contributed by atoms with van der Waals surface area (Å²) in [5, 5.41) is 11.0. The Hall–Kier alpha value is -1.87. The van der Waals surface area contributed by atoms with Crippen molar-refractivity contribution in [2.75, 3.05) is 47.1 Å². The predicted octanol–water partition coefficient (Wildman–Crippen LogP) is -0.0107. The van der Waals surface area contributed by atoms with Gasteiger partial charge in [0.25, 0.3) is 0 Å². The van der Waals surface area contributed by atoms with Crippen molar-refractivity contribution in [1.82, 2.24) is 25.0 Å². The molecule has 9 nitrogen and oxygen atoms in total. The van der Waals surface area contributed by atoms with E-state index in [2.05, 4.69) is 20.7 Å². The van der Waals surface area contributed by atoms with E-state index in [1.54, 1.807) is 18.8 Å². The van der Waals surface area contributed by atoms with Gasteiger partial charge in [-0.1, -0.05) is 0 Å². The number of rotatable bonds is 11. The van der Waals surface area contributed by atoms with Crippen molar-refractivity contribution >= 4 is 5.96 Å². The molecule has 1 aromatic heterocycles. The molecule has 26 heavy (non-hydrogen) atoms. The third-order valence-corrected chi connectivity index (χ3v) is 4.28. The van der Waals surface area contributed by atoms with Crippen LogP contribution in [0.4, 0.5) is 0 Å². The molecule has 0 aromatic carbocycles. The first-order chi connectivity index (χ1) is 12.8. The van der Waals surface area contributed by atoms with Gasteiger partial charge in [0, 0.05) is 53.4 Å². The van der Waals surface area contributed by atoms with Crippen molar-refractivity contribution in [3.63, 3.8) is 0 Å². The van der Waals surface area contributed by atoms with Crippen molar-refractivity contribution in [1.29, 1.82) is 0 Å². The first-order valence-corrected chi connectivity index (χ1v) is 9.44. The highest BCUT2D eigenvalue weighted by molar-refractivity contribution is 5.79. The Bertz CT molecular complexity index is 610. The Kier molecular flexibility index (Phi) is 9.19. The number of aliphatic imine (C=N–C) groups is 1. The van der Waals surface area contributed by atoms with Gasteiger partial charge < -0.3 is 20.1 Å². The lowest BCUT2D eigenvalue weighted by atomic mass is 10.2. The molecule has 0 spiro atoms. The van der Waals surface area contributed by atoms with Crippen LogP contribution >= 0.6 is 0 Å². The molecule has 0 bridgehead atoms. The number of hydrogen-bond donors (Lipinski definition) is 2. The quantitative estimate of drug-likeness (QED) is 0.324. The number of guanidine groups is 1. The van der Waals surface area contributed by atoms with E-state index in [1.807, 2.05) is 4.57 Å². The maximum absolute atomic E-state index is 12.3. The maximum Gasteiger partial charge on any atom is 0.345 e. The van der Waals surface area contributed by atoms with Crippen LogP contribution in [0.25, 0.3) is 0 Å². The summed E-state index contributed by atoms with van der Waals surface area (Å²) in [6.07, 6.45) is 4.82. The van der Waals surface area contributed by atoms with E-state index in [-0.39, 0.29) is 5.69 Å². The van der Waals surface area contributed by atoms with E-state index in [4.69, 9.17) is 9.47 Å². The molecule has 1 aliphatic heterocycles. The summed E-state index contributed by atoms with van der Waals surface area (Å²) in [5.74, 6) is 1.69. The van der Waals surface area contributed by atoms with Crippen molar-refractivity contribution < 1.29 is 9.47 Å². The average molecular weight is 368 g/mol. The normalized spacial score (nSPS) is 14.3. The summed E-state index contributed by atoms with van der Waals surface area (Å²) in [4.78, 5) is 16.4. The molecule has 0 fully saturated rings. The van der Waals surface area contributed by atoms with Crippen LogP contribution in [0.5, 0.6) is 0 Å². The molecular formula is C17H32N6O3. The van der Waals surface area contributed by atoms with E-state index in [0.717, 1.165) is 63.5 Å². The van der Waals surface area contributed by atoms with Crippen LogP contribution in [-0.2, 0) is 29.0 Å². The van der Waals surface area contributed by atoms with E-state index in [0.29, 0.717) is 26.4 Å². The molecule has 2 N–H and O–H groups in total. The number of aromatic nitrogens is 3. The highest BCUT2D eigenvalue weighted by Crippen LogP contribution is 2.09. The lowest BCUT2D eigenvalue weighted by Gasteiger charge is -2.11. The fourth-order valence-corrected chi connectivity index (χ4v) is 2.88. The van der Waals surface area contributed by atoms with Crippen LogP contribution in [0, 0.1) is 0 Å². The molecule has 1 aromatic rings. The van der Waals surface area contributed by atoms with Gasteiger partial charge in [-0.3, -0.25) is 9.56 Å². The largest absolute Gasteiger partial charge is 0.382 e. The summed E-state index contributed by atoms with van der Waals surface area (Å²) < 4.78 is 13.7. The zero-order valence-electron chi connectivity index (χ0n) is 16.0. The van der Waals surface area contributed by atoms with Gasteiger partial charge in [0.15, 0.2) is 5.96 Å². The van der Waals surface area contributed by atoms with Gasteiger partial charge in [-0.05, 0) is 25.7 Å². The number of nitrogens with one attached hydrogen (secondary N) is 2. The summed E-state index contributed by atoms with van der Waals surface area (Å²) in [7, 11) is 3.41. The van der Waals surface area contributed by atoms with Crippen molar-refractivity contribution in [3.05, 3.63) is 16.3 Å². The van der Waals surface area contributed by atoms with Crippen LogP contribution in [0.15, 0.2) is 9.79 Å². The minimum Gasteiger partial charge on any atom is -0.382 e. The second-order valence-corrected chi connectivity index (χ2v) is 6.27. The fraction of sp³-hybridized carbons (Fsp3) is 0.824. The molecule has 2 rings (SSSR count). The van der Waals surface area contributed by atoms with Crippen LogP contribution in [0.1, 0.15) is 31.5 Å². The molecule has 1 aliphatic rings. The van der Waals surface area contributed by atoms with Crippen LogP contribution in [0.2, 0.25) is 0 Å². The van der Waals surface area contributed by atoms with Crippen LogP contribution < -0.4 is 16.3 Å². The topological polar surface area (TPSA) is 94.7 Å². The maximum atomic E-state index is 12.3. The monoisotopic (exact) mass is 368 g/mol. The number of fused-ring (bicyclic) bond motifs is 1. The smallest absolute Gasteiger partial charge is 0.345 e. The molecule has 0 radical (unpaired) electrons. The van der Waals surface area contributed by atoms with Crippen LogP contribution in [0.3, 0.4) is 0 Å². The number of hydrogen-bond acceptors (Lipinski definition) is 5. The third-order valence-electron chi connectivity index (χ3n) is 4.28. The first kappa shape index (κ1) is 20.4.